The topological polar surface area (TPSA) is 67.9 Å². The SMILES string of the molecule is CCN(Cc1ccncc1)c1nc(N)nc2sc(C)cc12. The molecular formula is C15H17N5S. The Morgan fingerprint density at radius 1 is 1.24 bits per heavy atom. The van der Waals surface area contributed by atoms with Crippen LogP contribution in [-0.4, -0.2) is 21.5 Å². The second-order valence-electron chi connectivity index (χ2n) is 4.85. The summed E-state index contributed by atoms with van der Waals surface area (Å²) in [5.74, 6) is 1.23. The highest BCUT2D eigenvalue weighted by Crippen LogP contribution is 2.31. The highest BCUT2D eigenvalue weighted by atomic mass is 32.1. The van der Waals surface area contributed by atoms with Crippen molar-refractivity contribution in [3.63, 3.8) is 0 Å². The fourth-order valence-corrected chi connectivity index (χ4v) is 3.21. The summed E-state index contributed by atoms with van der Waals surface area (Å²) in [7, 11) is 0. The van der Waals surface area contributed by atoms with E-state index in [-0.39, 0.29) is 0 Å². The Hall–Kier alpha value is -2.21. The van der Waals surface area contributed by atoms with E-state index in [1.165, 1.54) is 10.4 Å². The summed E-state index contributed by atoms with van der Waals surface area (Å²) < 4.78 is 0. The van der Waals surface area contributed by atoms with Crippen molar-refractivity contribution in [1.82, 2.24) is 15.0 Å². The van der Waals surface area contributed by atoms with E-state index >= 15 is 0 Å². The lowest BCUT2D eigenvalue weighted by molar-refractivity contribution is 0.817. The molecule has 0 atom stereocenters. The lowest BCUT2D eigenvalue weighted by Gasteiger charge is -2.22. The molecule has 0 bridgehead atoms. The summed E-state index contributed by atoms with van der Waals surface area (Å²) in [5, 5.41) is 1.07. The standard InChI is InChI=1S/C15H17N5S/c1-3-20(9-11-4-6-17-7-5-11)13-12-8-10(2)21-14(12)19-15(16)18-13/h4-8H,3,9H2,1-2H3,(H2,16,18,19). The van der Waals surface area contributed by atoms with E-state index in [1.54, 1.807) is 11.3 Å². The van der Waals surface area contributed by atoms with E-state index < -0.39 is 0 Å². The fourth-order valence-electron chi connectivity index (χ4n) is 2.33. The molecule has 0 amide bonds. The molecule has 0 aromatic carbocycles. The van der Waals surface area contributed by atoms with Crippen LogP contribution < -0.4 is 10.6 Å². The van der Waals surface area contributed by atoms with Crippen LogP contribution in [0.5, 0.6) is 0 Å². The van der Waals surface area contributed by atoms with E-state index in [4.69, 9.17) is 5.73 Å². The van der Waals surface area contributed by atoms with Crippen LogP contribution in [0, 0.1) is 6.92 Å². The molecule has 108 valence electrons. The molecule has 0 aliphatic rings. The second-order valence-corrected chi connectivity index (χ2v) is 6.09. The quantitative estimate of drug-likeness (QED) is 0.802. The van der Waals surface area contributed by atoms with Gasteiger partial charge in [-0.15, -0.1) is 11.3 Å². The maximum absolute atomic E-state index is 5.87. The van der Waals surface area contributed by atoms with Gasteiger partial charge in [0.25, 0.3) is 0 Å². The number of aromatic nitrogens is 3. The van der Waals surface area contributed by atoms with Gasteiger partial charge < -0.3 is 10.6 Å². The lowest BCUT2D eigenvalue weighted by Crippen LogP contribution is -2.23. The number of nitrogen functional groups attached to an aromatic ring is 1. The molecule has 0 unspecified atom stereocenters. The van der Waals surface area contributed by atoms with Gasteiger partial charge in [0.2, 0.25) is 5.95 Å². The third-order valence-electron chi connectivity index (χ3n) is 3.32. The average Bonchev–Trinajstić information content (AvgIpc) is 2.85. The summed E-state index contributed by atoms with van der Waals surface area (Å²) in [4.78, 5) is 17.2. The molecule has 0 spiro atoms. The zero-order valence-corrected chi connectivity index (χ0v) is 12.9. The molecule has 0 aliphatic heterocycles. The van der Waals surface area contributed by atoms with Gasteiger partial charge in [0, 0.05) is 30.4 Å². The Bertz CT molecular complexity index is 753. The van der Waals surface area contributed by atoms with Crippen molar-refractivity contribution in [1.29, 1.82) is 0 Å². The van der Waals surface area contributed by atoms with Gasteiger partial charge in [-0.25, -0.2) is 4.98 Å². The molecule has 3 rings (SSSR count). The Morgan fingerprint density at radius 3 is 2.71 bits per heavy atom. The smallest absolute Gasteiger partial charge is 0.223 e. The molecule has 21 heavy (non-hydrogen) atoms. The zero-order valence-electron chi connectivity index (χ0n) is 12.1. The van der Waals surface area contributed by atoms with Crippen molar-refractivity contribution >= 4 is 33.3 Å². The first-order chi connectivity index (χ1) is 10.2. The monoisotopic (exact) mass is 299 g/mol. The molecular weight excluding hydrogens is 282 g/mol. The van der Waals surface area contributed by atoms with Crippen LogP contribution in [-0.2, 0) is 6.54 Å². The van der Waals surface area contributed by atoms with Crippen molar-refractivity contribution in [2.45, 2.75) is 20.4 Å². The maximum atomic E-state index is 5.87. The van der Waals surface area contributed by atoms with Gasteiger partial charge in [-0.05, 0) is 37.6 Å². The van der Waals surface area contributed by atoms with Crippen LogP contribution in [0.2, 0.25) is 0 Å². The fraction of sp³-hybridized carbons (Fsp3) is 0.267. The lowest BCUT2D eigenvalue weighted by atomic mass is 10.2. The van der Waals surface area contributed by atoms with Crippen LogP contribution in [0.15, 0.2) is 30.6 Å². The zero-order chi connectivity index (χ0) is 14.8. The second kappa shape index (κ2) is 5.65. The normalized spacial score (nSPS) is 11.0. The molecule has 3 heterocycles. The van der Waals surface area contributed by atoms with E-state index in [0.717, 1.165) is 29.1 Å². The van der Waals surface area contributed by atoms with Crippen LogP contribution in [0.4, 0.5) is 11.8 Å². The number of hydrogen-bond donors (Lipinski definition) is 1. The molecule has 0 saturated carbocycles. The first kappa shape index (κ1) is 13.8. The van der Waals surface area contributed by atoms with Crippen molar-refractivity contribution in [3.8, 4) is 0 Å². The number of hydrogen-bond acceptors (Lipinski definition) is 6. The third-order valence-corrected chi connectivity index (χ3v) is 4.26. The Kier molecular flexibility index (Phi) is 3.70. The van der Waals surface area contributed by atoms with Crippen molar-refractivity contribution < 1.29 is 0 Å². The van der Waals surface area contributed by atoms with Gasteiger partial charge in [-0.2, -0.15) is 4.98 Å². The Morgan fingerprint density at radius 2 is 2.00 bits per heavy atom. The number of nitrogens with zero attached hydrogens (tertiary/aromatic N) is 4. The van der Waals surface area contributed by atoms with Crippen LogP contribution in [0.1, 0.15) is 17.4 Å². The number of fused-ring (bicyclic) bond motifs is 1. The van der Waals surface area contributed by atoms with Crippen LogP contribution in [0.25, 0.3) is 10.2 Å². The Labute approximate surface area is 127 Å². The van der Waals surface area contributed by atoms with Crippen molar-refractivity contribution in [2.24, 2.45) is 0 Å². The van der Waals surface area contributed by atoms with E-state index in [0.29, 0.717) is 5.95 Å². The highest BCUT2D eigenvalue weighted by Gasteiger charge is 2.15. The summed E-state index contributed by atoms with van der Waals surface area (Å²) in [6, 6.07) is 6.16. The molecule has 3 aromatic heterocycles. The van der Waals surface area contributed by atoms with Crippen molar-refractivity contribution in [3.05, 3.63) is 41.0 Å². The summed E-state index contributed by atoms with van der Waals surface area (Å²) in [6.07, 6.45) is 3.61. The average molecular weight is 299 g/mol. The maximum Gasteiger partial charge on any atom is 0.223 e. The Balaban J connectivity index is 2.04. The van der Waals surface area contributed by atoms with E-state index in [2.05, 4.69) is 39.8 Å². The van der Waals surface area contributed by atoms with Gasteiger partial charge in [0.15, 0.2) is 0 Å². The van der Waals surface area contributed by atoms with Crippen LogP contribution >= 0.6 is 11.3 Å². The van der Waals surface area contributed by atoms with Gasteiger partial charge in [-0.1, -0.05) is 0 Å². The number of aryl methyl sites for hydroxylation is 1. The number of pyridine rings is 1. The number of anilines is 2. The predicted molar refractivity (Wildman–Crippen MR) is 87.5 cm³/mol. The molecule has 6 heteroatoms. The summed E-state index contributed by atoms with van der Waals surface area (Å²) in [5.41, 5.74) is 7.07. The number of rotatable bonds is 4. The van der Waals surface area contributed by atoms with Gasteiger partial charge in [-0.3, -0.25) is 4.98 Å². The van der Waals surface area contributed by atoms with Gasteiger partial charge >= 0.3 is 0 Å². The molecule has 0 fully saturated rings. The molecule has 0 aliphatic carbocycles. The molecule has 0 radical (unpaired) electrons. The largest absolute Gasteiger partial charge is 0.368 e. The summed E-state index contributed by atoms with van der Waals surface area (Å²) >= 11 is 1.65. The van der Waals surface area contributed by atoms with Gasteiger partial charge in [0.05, 0.1) is 5.39 Å². The minimum atomic E-state index is 0.326. The molecule has 5 nitrogen and oxygen atoms in total. The minimum absolute atomic E-state index is 0.326. The number of nitrogens with two attached hydrogens (primary N) is 1. The van der Waals surface area contributed by atoms with Crippen LogP contribution in [0.3, 0.4) is 0 Å². The molecule has 2 N–H and O–H groups in total. The van der Waals surface area contributed by atoms with E-state index in [1.807, 2.05) is 24.5 Å². The first-order valence-electron chi connectivity index (χ1n) is 6.85. The number of thiophene rings is 1. The molecule has 3 aromatic rings. The minimum Gasteiger partial charge on any atom is -0.368 e. The van der Waals surface area contributed by atoms with Crippen molar-refractivity contribution in [2.75, 3.05) is 17.2 Å². The van der Waals surface area contributed by atoms with Gasteiger partial charge in [0.1, 0.15) is 10.6 Å². The summed E-state index contributed by atoms with van der Waals surface area (Å²) in [6.45, 7) is 5.82. The highest BCUT2D eigenvalue weighted by molar-refractivity contribution is 7.18. The predicted octanol–water partition coefficient (Wildman–Crippen LogP) is 3.00. The third kappa shape index (κ3) is 2.80. The first-order valence-corrected chi connectivity index (χ1v) is 7.66. The molecule has 0 saturated heterocycles. The van der Waals surface area contributed by atoms with E-state index in [9.17, 15) is 0 Å².